The molecule has 14 nitrogen and oxygen atoms in total. The molecule has 182 valence electrons. The molecule has 0 bridgehead atoms. The number of piperazine rings is 1. The van der Waals surface area contributed by atoms with Crippen LogP contribution in [0.2, 0.25) is 0 Å². The number of nitrogens with zero attached hydrogens (tertiary/aromatic N) is 6. The van der Waals surface area contributed by atoms with Crippen molar-refractivity contribution in [1.29, 1.82) is 0 Å². The molecule has 0 spiro atoms. The van der Waals surface area contributed by atoms with Crippen LogP contribution in [-0.4, -0.2) is 69.8 Å². The Hall–Kier alpha value is -4.24. The zero-order chi connectivity index (χ0) is 25.1. The first-order valence-electron chi connectivity index (χ1n) is 10.5. The van der Waals surface area contributed by atoms with Crippen LogP contribution in [0.3, 0.4) is 0 Å². The van der Waals surface area contributed by atoms with Crippen LogP contribution in [0, 0.1) is 30.3 Å². The van der Waals surface area contributed by atoms with E-state index < -0.39 is 32.1 Å². The Morgan fingerprint density at radius 1 is 0.914 bits per heavy atom. The summed E-state index contributed by atoms with van der Waals surface area (Å²) < 4.78 is 0.751. The van der Waals surface area contributed by atoms with Crippen LogP contribution in [-0.2, 0) is 0 Å². The van der Waals surface area contributed by atoms with Gasteiger partial charge >= 0.3 is 0 Å². The van der Waals surface area contributed by atoms with Crippen LogP contribution < -0.4 is 10.2 Å². The van der Waals surface area contributed by atoms with Gasteiger partial charge in [0.15, 0.2) is 5.13 Å². The average molecular weight is 501 g/mol. The third-order valence-electron chi connectivity index (χ3n) is 5.51. The maximum Gasteiger partial charge on any atom is 0.277 e. The van der Waals surface area contributed by atoms with Crippen LogP contribution in [0.1, 0.15) is 10.4 Å². The topological polar surface area (TPSA) is 178 Å². The highest BCUT2D eigenvalue weighted by atomic mass is 32.1. The van der Waals surface area contributed by atoms with Gasteiger partial charge in [-0.05, 0) is 6.07 Å². The second-order valence-electron chi connectivity index (χ2n) is 7.74. The number of non-ortho nitro benzene ring substituents is 3. The number of aromatic nitrogens is 1. The molecule has 4 rings (SSSR count). The molecule has 1 aliphatic rings. The van der Waals surface area contributed by atoms with Crippen LogP contribution >= 0.6 is 11.3 Å². The lowest BCUT2D eigenvalue weighted by Crippen LogP contribution is -2.48. The van der Waals surface area contributed by atoms with Crippen LogP contribution in [0.5, 0.6) is 0 Å². The highest BCUT2D eigenvalue weighted by Crippen LogP contribution is 2.31. The molecule has 0 radical (unpaired) electrons. The van der Waals surface area contributed by atoms with Crippen LogP contribution in [0.25, 0.3) is 10.2 Å². The molecular formula is C20H19N7O7S. The first-order chi connectivity index (χ1) is 16.7. The Morgan fingerprint density at radius 3 is 2.14 bits per heavy atom. The molecule has 0 aliphatic carbocycles. The number of nitro groups is 3. The summed E-state index contributed by atoms with van der Waals surface area (Å²) >= 11 is 1.40. The van der Waals surface area contributed by atoms with Gasteiger partial charge in [-0.2, -0.15) is 0 Å². The van der Waals surface area contributed by atoms with E-state index in [1.54, 1.807) is 6.07 Å². The Kier molecular flexibility index (Phi) is 6.79. The molecule has 2 heterocycles. The number of anilines is 1. The van der Waals surface area contributed by atoms with E-state index in [4.69, 9.17) is 0 Å². The Bertz CT molecular complexity index is 1290. The van der Waals surface area contributed by atoms with E-state index in [1.807, 2.05) is 0 Å². The molecule has 0 atom stereocenters. The first-order valence-corrected chi connectivity index (χ1v) is 11.3. The molecule has 0 unspecified atom stereocenters. The van der Waals surface area contributed by atoms with Gasteiger partial charge in [0.05, 0.1) is 36.6 Å². The summed E-state index contributed by atoms with van der Waals surface area (Å²) in [5, 5.41) is 36.4. The summed E-state index contributed by atoms with van der Waals surface area (Å²) in [5.74, 6) is -0.626. The normalized spacial score (nSPS) is 14.1. The molecule has 1 fully saturated rings. The number of nitrogens with one attached hydrogen (secondary N) is 1. The number of fused-ring (bicyclic) bond motifs is 1. The van der Waals surface area contributed by atoms with E-state index in [0.29, 0.717) is 38.2 Å². The van der Waals surface area contributed by atoms with Gasteiger partial charge in [-0.15, -0.1) is 0 Å². The van der Waals surface area contributed by atoms with E-state index >= 15 is 0 Å². The predicted molar refractivity (Wildman–Crippen MR) is 127 cm³/mol. The quantitative estimate of drug-likeness (QED) is 0.356. The first kappa shape index (κ1) is 23.9. The number of amides is 1. The van der Waals surface area contributed by atoms with Gasteiger partial charge in [0.1, 0.15) is 0 Å². The van der Waals surface area contributed by atoms with Crippen molar-refractivity contribution in [3.8, 4) is 0 Å². The largest absolute Gasteiger partial charge is 0.351 e. The van der Waals surface area contributed by atoms with Crippen molar-refractivity contribution in [2.24, 2.45) is 0 Å². The number of nitro benzene ring substituents is 3. The number of hydrogen-bond donors (Lipinski definition) is 1. The van der Waals surface area contributed by atoms with Crippen molar-refractivity contribution in [3.05, 3.63) is 72.3 Å². The lowest BCUT2D eigenvalue weighted by Gasteiger charge is -2.34. The molecule has 2 aromatic carbocycles. The molecule has 3 aromatic rings. The maximum absolute atomic E-state index is 12.4. The summed E-state index contributed by atoms with van der Waals surface area (Å²) in [6.45, 7) is 3.57. The standard InChI is InChI=1S/C20H19N7O7S/c28-19(13-9-15(26(31)32)11-16(10-13)27(33)34)21-3-4-23-5-7-24(8-6-23)20-22-17-2-1-14(25(29)30)12-18(17)35-20/h1-2,9-12H,3-8H2,(H,21,28). The fraction of sp³-hybridized carbons (Fsp3) is 0.300. The minimum Gasteiger partial charge on any atom is -0.351 e. The van der Waals surface area contributed by atoms with Crippen molar-refractivity contribution in [3.63, 3.8) is 0 Å². The summed E-state index contributed by atoms with van der Waals surface area (Å²) in [5.41, 5.74) is -0.456. The van der Waals surface area contributed by atoms with Crippen molar-refractivity contribution < 1.29 is 19.6 Å². The zero-order valence-electron chi connectivity index (χ0n) is 18.2. The average Bonchev–Trinajstić information content (AvgIpc) is 3.27. The lowest BCUT2D eigenvalue weighted by molar-refractivity contribution is -0.394. The Morgan fingerprint density at radius 2 is 1.54 bits per heavy atom. The lowest BCUT2D eigenvalue weighted by atomic mass is 10.1. The molecule has 1 aliphatic heterocycles. The van der Waals surface area contributed by atoms with Crippen LogP contribution in [0.4, 0.5) is 22.2 Å². The summed E-state index contributed by atoms with van der Waals surface area (Å²) in [6, 6.07) is 7.42. The van der Waals surface area contributed by atoms with Gasteiger partial charge in [0, 0.05) is 63.5 Å². The zero-order valence-corrected chi connectivity index (χ0v) is 19.0. The molecule has 1 aromatic heterocycles. The second kappa shape index (κ2) is 9.94. The van der Waals surface area contributed by atoms with Crippen molar-refractivity contribution in [2.45, 2.75) is 0 Å². The van der Waals surface area contributed by atoms with Crippen molar-refractivity contribution in [2.75, 3.05) is 44.2 Å². The molecule has 0 saturated carbocycles. The number of benzene rings is 2. The number of hydrogen-bond acceptors (Lipinski definition) is 11. The minimum absolute atomic E-state index is 0.0271. The van der Waals surface area contributed by atoms with E-state index in [0.717, 1.165) is 28.0 Å². The molecule has 35 heavy (non-hydrogen) atoms. The highest BCUT2D eigenvalue weighted by molar-refractivity contribution is 7.22. The van der Waals surface area contributed by atoms with Gasteiger partial charge in [-0.25, -0.2) is 4.98 Å². The van der Waals surface area contributed by atoms with Crippen molar-refractivity contribution >= 4 is 49.7 Å². The van der Waals surface area contributed by atoms with Gasteiger partial charge in [-0.3, -0.25) is 40.0 Å². The Balaban J connectivity index is 1.30. The summed E-state index contributed by atoms with van der Waals surface area (Å²) in [7, 11) is 0. The van der Waals surface area contributed by atoms with E-state index in [-0.39, 0.29) is 17.8 Å². The fourth-order valence-electron chi connectivity index (χ4n) is 3.68. The minimum atomic E-state index is -0.782. The van der Waals surface area contributed by atoms with Gasteiger partial charge in [-0.1, -0.05) is 11.3 Å². The van der Waals surface area contributed by atoms with Gasteiger partial charge in [0.2, 0.25) is 0 Å². The summed E-state index contributed by atoms with van der Waals surface area (Å²) in [6.07, 6.45) is 0. The Labute approximate surface area is 201 Å². The predicted octanol–water partition coefficient (Wildman–Crippen LogP) is 2.57. The number of carbonyl (C=O) groups is 1. The fourth-order valence-corrected chi connectivity index (χ4v) is 4.73. The molecular weight excluding hydrogens is 482 g/mol. The number of carbonyl (C=O) groups excluding carboxylic acids is 1. The molecule has 1 amide bonds. The van der Waals surface area contributed by atoms with Gasteiger partial charge < -0.3 is 10.2 Å². The number of rotatable bonds is 8. The molecule has 15 heteroatoms. The van der Waals surface area contributed by atoms with Crippen molar-refractivity contribution in [1.82, 2.24) is 15.2 Å². The van der Waals surface area contributed by atoms with E-state index in [1.165, 1.54) is 23.5 Å². The monoisotopic (exact) mass is 501 g/mol. The smallest absolute Gasteiger partial charge is 0.277 e. The highest BCUT2D eigenvalue weighted by Gasteiger charge is 2.22. The van der Waals surface area contributed by atoms with E-state index in [9.17, 15) is 35.1 Å². The third-order valence-corrected chi connectivity index (χ3v) is 6.59. The van der Waals surface area contributed by atoms with E-state index in [2.05, 4.69) is 20.1 Å². The number of thiazole rings is 1. The molecule has 1 N–H and O–H groups in total. The SMILES string of the molecule is O=C(NCCN1CCN(c2nc3ccc([N+](=O)[O-])cc3s2)CC1)c1cc([N+](=O)[O-])cc([N+](=O)[O-])c1. The maximum atomic E-state index is 12.4. The van der Waals surface area contributed by atoms with Gasteiger partial charge in [0.25, 0.3) is 23.0 Å². The summed E-state index contributed by atoms with van der Waals surface area (Å²) in [4.78, 5) is 52.2. The third kappa shape index (κ3) is 5.47. The van der Waals surface area contributed by atoms with Crippen LogP contribution in [0.15, 0.2) is 36.4 Å². The molecule has 1 saturated heterocycles. The second-order valence-corrected chi connectivity index (χ2v) is 8.75.